The van der Waals surface area contributed by atoms with Crippen molar-refractivity contribution in [2.45, 2.75) is 20.4 Å². The zero-order valence-corrected chi connectivity index (χ0v) is 17.5. The van der Waals surface area contributed by atoms with E-state index < -0.39 is 24.5 Å². The number of rotatable bonds is 7. The van der Waals surface area contributed by atoms with E-state index in [1.807, 2.05) is 19.9 Å². The third-order valence-corrected chi connectivity index (χ3v) is 4.56. The molecule has 0 saturated carbocycles. The summed E-state index contributed by atoms with van der Waals surface area (Å²) in [6.07, 6.45) is 0. The quantitative estimate of drug-likeness (QED) is 0.589. The molecule has 1 amide bonds. The van der Waals surface area contributed by atoms with Gasteiger partial charge in [0, 0.05) is 12.2 Å². The van der Waals surface area contributed by atoms with Crippen LogP contribution >= 0.6 is 0 Å². The number of carbonyl (C=O) groups is 3. The van der Waals surface area contributed by atoms with Crippen LogP contribution in [-0.4, -0.2) is 41.3 Å². The van der Waals surface area contributed by atoms with E-state index in [9.17, 15) is 14.4 Å². The summed E-state index contributed by atoms with van der Waals surface area (Å²) in [5.74, 6) is -1.44. The highest BCUT2D eigenvalue weighted by Gasteiger charge is 2.12. The number of methoxy groups -OCH3 is 1. The summed E-state index contributed by atoms with van der Waals surface area (Å²) in [5.41, 5.74) is 4.30. The van der Waals surface area contributed by atoms with Crippen molar-refractivity contribution in [3.63, 3.8) is 0 Å². The molecule has 3 rings (SSSR count). The van der Waals surface area contributed by atoms with Crippen LogP contribution in [0.2, 0.25) is 0 Å². The number of esters is 2. The van der Waals surface area contributed by atoms with Crippen molar-refractivity contribution in [3.05, 3.63) is 82.7 Å². The molecule has 8 heteroatoms. The zero-order chi connectivity index (χ0) is 22.4. The molecule has 0 bridgehead atoms. The molecule has 0 fully saturated rings. The van der Waals surface area contributed by atoms with E-state index in [1.54, 1.807) is 53.2 Å². The van der Waals surface area contributed by atoms with Crippen LogP contribution < -0.4 is 5.32 Å². The summed E-state index contributed by atoms with van der Waals surface area (Å²) in [4.78, 5) is 35.6. The molecule has 31 heavy (non-hydrogen) atoms. The number of nitrogens with one attached hydrogen (secondary N) is 1. The Morgan fingerprint density at radius 3 is 2.13 bits per heavy atom. The first-order chi connectivity index (χ1) is 14.9. The van der Waals surface area contributed by atoms with Gasteiger partial charge in [0.2, 0.25) is 0 Å². The number of aryl methyl sites for hydroxylation is 2. The summed E-state index contributed by atoms with van der Waals surface area (Å²) in [5, 5.41) is 7.07. The highest BCUT2D eigenvalue weighted by Crippen LogP contribution is 2.13. The molecule has 1 heterocycles. The number of amides is 1. The predicted molar refractivity (Wildman–Crippen MR) is 113 cm³/mol. The molecule has 8 nitrogen and oxygen atoms in total. The number of carbonyl (C=O) groups excluding carboxylic acids is 3. The Hall–Kier alpha value is -3.94. The van der Waals surface area contributed by atoms with Crippen LogP contribution in [0.5, 0.6) is 0 Å². The SMILES string of the molecule is COC(=O)c1ccc(CNC(=O)COC(=O)c2ccc(-n3nc(C)cc3C)cc2)cc1. The summed E-state index contributed by atoms with van der Waals surface area (Å²) in [7, 11) is 1.31. The van der Waals surface area contributed by atoms with Crippen LogP contribution in [0.1, 0.15) is 37.7 Å². The maximum atomic E-state index is 12.2. The molecular weight excluding hydrogens is 398 g/mol. The standard InChI is InChI=1S/C23H23N3O5/c1-15-12-16(2)26(25-15)20-10-8-19(9-11-20)23(29)31-14-21(27)24-13-17-4-6-18(7-5-17)22(28)30-3/h4-12H,13-14H2,1-3H3,(H,24,27). The molecule has 3 aromatic rings. The normalized spacial score (nSPS) is 10.4. The molecular formula is C23H23N3O5. The summed E-state index contributed by atoms with van der Waals surface area (Å²) >= 11 is 0. The fourth-order valence-electron chi connectivity index (χ4n) is 2.97. The van der Waals surface area contributed by atoms with E-state index in [2.05, 4.69) is 15.2 Å². The Kier molecular flexibility index (Phi) is 6.81. The third-order valence-electron chi connectivity index (χ3n) is 4.56. The summed E-state index contributed by atoms with van der Waals surface area (Å²) in [6.45, 7) is 3.72. The molecule has 0 aliphatic rings. The van der Waals surface area contributed by atoms with Gasteiger partial charge in [0.15, 0.2) is 6.61 Å². The highest BCUT2D eigenvalue weighted by molar-refractivity contribution is 5.91. The van der Waals surface area contributed by atoms with Crippen molar-refractivity contribution in [2.75, 3.05) is 13.7 Å². The van der Waals surface area contributed by atoms with Gasteiger partial charge < -0.3 is 14.8 Å². The highest BCUT2D eigenvalue weighted by atomic mass is 16.5. The Balaban J connectivity index is 1.48. The number of hydrogen-bond acceptors (Lipinski definition) is 6. The average molecular weight is 421 g/mol. The van der Waals surface area contributed by atoms with Crippen molar-refractivity contribution in [3.8, 4) is 5.69 Å². The molecule has 1 aromatic heterocycles. The van der Waals surface area contributed by atoms with Crippen LogP contribution in [0.4, 0.5) is 0 Å². The molecule has 0 radical (unpaired) electrons. The van der Waals surface area contributed by atoms with Crippen molar-refractivity contribution < 1.29 is 23.9 Å². The second kappa shape index (κ2) is 9.71. The summed E-state index contributed by atoms with van der Waals surface area (Å²) in [6, 6.07) is 15.4. The maximum absolute atomic E-state index is 12.2. The Morgan fingerprint density at radius 2 is 1.55 bits per heavy atom. The van der Waals surface area contributed by atoms with E-state index in [-0.39, 0.29) is 6.54 Å². The molecule has 0 saturated heterocycles. The molecule has 0 atom stereocenters. The monoisotopic (exact) mass is 421 g/mol. The molecule has 1 N–H and O–H groups in total. The second-order valence-electron chi connectivity index (χ2n) is 6.93. The first kappa shape index (κ1) is 21.8. The van der Waals surface area contributed by atoms with E-state index in [4.69, 9.17) is 4.74 Å². The topological polar surface area (TPSA) is 99.5 Å². The lowest BCUT2D eigenvalue weighted by atomic mass is 10.1. The van der Waals surface area contributed by atoms with Gasteiger partial charge >= 0.3 is 11.9 Å². The van der Waals surface area contributed by atoms with Gasteiger partial charge in [-0.1, -0.05) is 12.1 Å². The zero-order valence-electron chi connectivity index (χ0n) is 17.5. The predicted octanol–water partition coefficient (Wildman–Crippen LogP) is 2.75. The number of nitrogens with zero attached hydrogens (tertiary/aromatic N) is 2. The Morgan fingerprint density at radius 1 is 0.935 bits per heavy atom. The molecule has 0 aliphatic heterocycles. The Labute approximate surface area is 179 Å². The third kappa shape index (κ3) is 5.57. The van der Waals surface area contributed by atoms with Gasteiger partial charge in [-0.25, -0.2) is 14.3 Å². The molecule has 2 aromatic carbocycles. The van der Waals surface area contributed by atoms with Gasteiger partial charge in [-0.05, 0) is 61.9 Å². The first-order valence-corrected chi connectivity index (χ1v) is 9.62. The minimum atomic E-state index is -0.586. The first-order valence-electron chi connectivity index (χ1n) is 9.62. The number of hydrogen-bond donors (Lipinski definition) is 1. The van der Waals surface area contributed by atoms with Crippen molar-refractivity contribution in [1.29, 1.82) is 0 Å². The van der Waals surface area contributed by atoms with E-state index in [0.717, 1.165) is 22.6 Å². The lowest BCUT2D eigenvalue weighted by molar-refractivity contribution is -0.124. The number of aromatic nitrogens is 2. The van der Waals surface area contributed by atoms with Gasteiger partial charge in [0.1, 0.15) is 0 Å². The second-order valence-corrected chi connectivity index (χ2v) is 6.93. The smallest absolute Gasteiger partial charge is 0.338 e. The summed E-state index contributed by atoms with van der Waals surface area (Å²) < 4.78 is 11.5. The lowest BCUT2D eigenvalue weighted by Crippen LogP contribution is -2.28. The van der Waals surface area contributed by atoms with Crippen LogP contribution in [0.3, 0.4) is 0 Å². The molecule has 0 spiro atoms. The molecule has 0 aliphatic carbocycles. The minimum absolute atomic E-state index is 0.245. The molecule has 160 valence electrons. The Bertz CT molecular complexity index is 1090. The number of ether oxygens (including phenoxy) is 2. The van der Waals surface area contributed by atoms with Crippen LogP contribution in [-0.2, 0) is 20.8 Å². The van der Waals surface area contributed by atoms with Gasteiger partial charge in [0.25, 0.3) is 5.91 Å². The largest absolute Gasteiger partial charge is 0.465 e. The number of benzene rings is 2. The van der Waals surface area contributed by atoms with Crippen LogP contribution in [0.15, 0.2) is 54.6 Å². The van der Waals surface area contributed by atoms with E-state index in [1.165, 1.54) is 7.11 Å². The maximum Gasteiger partial charge on any atom is 0.338 e. The fourth-order valence-corrected chi connectivity index (χ4v) is 2.97. The van der Waals surface area contributed by atoms with Gasteiger partial charge in [-0.2, -0.15) is 5.10 Å². The van der Waals surface area contributed by atoms with Crippen LogP contribution in [0, 0.1) is 13.8 Å². The van der Waals surface area contributed by atoms with Gasteiger partial charge in [-0.15, -0.1) is 0 Å². The molecule has 0 unspecified atom stereocenters. The fraction of sp³-hybridized carbons (Fsp3) is 0.217. The van der Waals surface area contributed by atoms with Crippen molar-refractivity contribution in [2.24, 2.45) is 0 Å². The van der Waals surface area contributed by atoms with Crippen molar-refractivity contribution >= 4 is 17.8 Å². The van der Waals surface area contributed by atoms with Gasteiger partial charge in [0.05, 0.1) is 29.6 Å². The minimum Gasteiger partial charge on any atom is -0.465 e. The lowest BCUT2D eigenvalue weighted by Gasteiger charge is -2.08. The van der Waals surface area contributed by atoms with Crippen LogP contribution in [0.25, 0.3) is 5.69 Å². The van der Waals surface area contributed by atoms with E-state index >= 15 is 0 Å². The van der Waals surface area contributed by atoms with E-state index in [0.29, 0.717) is 11.1 Å². The van der Waals surface area contributed by atoms with Crippen molar-refractivity contribution in [1.82, 2.24) is 15.1 Å². The van der Waals surface area contributed by atoms with Gasteiger partial charge in [-0.3, -0.25) is 4.79 Å². The average Bonchev–Trinajstić information content (AvgIpc) is 3.13.